The van der Waals surface area contributed by atoms with Gasteiger partial charge in [0.25, 0.3) is 5.91 Å². The summed E-state index contributed by atoms with van der Waals surface area (Å²) in [4.78, 5) is 12.6. The molecular formula is C18H20N2O. The van der Waals surface area contributed by atoms with Crippen molar-refractivity contribution in [3.8, 4) is 0 Å². The van der Waals surface area contributed by atoms with Crippen molar-refractivity contribution >= 4 is 16.7 Å². The minimum Gasteiger partial charge on any atom is -0.349 e. The van der Waals surface area contributed by atoms with E-state index in [0.29, 0.717) is 11.5 Å². The molecule has 1 atom stereocenters. The monoisotopic (exact) mass is 280 g/mol. The summed E-state index contributed by atoms with van der Waals surface area (Å²) >= 11 is 0. The van der Waals surface area contributed by atoms with Gasteiger partial charge in [0.15, 0.2) is 0 Å². The summed E-state index contributed by atoms with van der Waals surface area (Å²) in [5, 5.41) is 8.82. The third-order valence-electron chi connectivity index (χ3n) is 5.13. The van der Waals surface area contributed by atoms with E-state index in [1.165, 1.54) is 12.8 Å². The van der Waals surface area contributed by atoms with Gasteiger partial charge in [-0.1, -0.05) is 36.4 Å². The molecule has 2 aliphatic rings. The van der Waals surface area contributed by atoms with Crippen LogP contribution in [0.1, 0.15) is 29.6 Å². The number of carbonyl (C=O) groups excluding carboxylic acids is 1. The smallest absolute Gasteiger partial charge is 0.252 e. The minimum atomic E-state index is 0.0761. The van der Waals surface area contributed by atoms with Gasteiger partial charge in [-0.15, -0.1) is 0 Å². The van der Waals surface area contributed by atoms with E-state index in [0.717, 1.165) is 35.8 Å². The predicted molar refractivity (Wildman–Crippen MR) is 84.4 cm³/mol. The second-order valence-electron chi connectivity index (χ2n) is 6.37. The highest BCUT2D eigenvalue weighted by molar-refractivity contribution is 6.07. The number of rotatable bonds is 2. The van der Waals surface area contributed by atoms with Crippen LogP contribution in [0.15, 0.2) is 42.5 Å². The molecule has 1 amide bonds. The lowest BCUT2D eigenvalue weighted by atomic mass is 9.94. The Morgan fingerprint density at radius 3 is 2.71 bits per heavy atom. The normalized spacial score (nSPS) is 23.1. The first-order chi connectivity index (χ1) is 10.3. The Bertz CT molecular complexity index is 683. The zero-order valence-corrected chi connectivity index (χ0v) is 12.1. The summed E-state index contributed by atoms with van der Waals surface area (Å²) in [7, 11) is 0. The highest BCUT2D eigenvalue weighted by Gasteiger charge is 2.54. The van der Waals surface area contributed by atoms with Crippen LogP contribution in [-0.2, 0) is 0 Å². The Labute approximate surface area is 124 Å². The first kappa shape index (κ1) is 12.8. The highest BCUT2D eigenvalue weighted by atomic mass is 16.1. The van der Waals surface area contributed by atoms with E-state index in [1.54, 1.807) is 0 Å². The average molecular weight is 280 g/mol. The topological polar surface area (TPSA) is 41.1 Å². The van der Waals surface area contributed by atoms with Crippen molar-refractivity contribution in [2.45, 2.75) is 25.3 Å². The predicted octanol–water partition coefficient (Wildman–Crippen LogP) is 2.71. The molecule has 0 aromatic heterocycles. The molecule has 2 fully saturated rings. The number of piperidine rings is 1. The molecule has 1 heterocycles. The van der Waals surface area contributed by atoms with Crippen molar-refractivity contribution in [1.29, 1.82) is 0 Å². The molecule has 1 aliphatic carbocycles. The van der Waals surface area contributed by atoms with Crippen LogP contribution in [0, 0.1) is 5.41 Å². The van der Waals surface area contributed by atoms with E-state index in [1.807, 2.05) is 30.3 Å². The molecule has 3 heteroatoms. The lowest BCUT2D eigenvalue weighted by Gasteiger charge is -2.23. The lowest BCUT2D eigenvalue weighted by molar-refractivity contribution is 0.0944. The summed E-state index contributed by atoms with van der Waals surface area (Å²) in [5.74, 6) is 0.0761. The van der Waals surface area contributed by atoms with Crippen LogP contribution in [0.2, 0.25) is 0 Å². The molecule has 1 saturated heterocycles. The fourth-order valence-corrected chi connectivity index (χ4v) is 3.69. The van der Waals surface area contributed by atoms with Gasteiger partial charge in [0.1, 0.15) is 0 Å². The second-order valence-corrected chi connectivity index (χ2v) is 6.37. The fraction of sp³-hybridized carbons (Fsp3) is 0.389. The van der Waals surface area contributed by atoms with E-state index in [9.17, 15) is 4.79 Å². The van der Waals surface area contributed by atoms with Crippen molar-refractivity contribution < 1.29 is 4.79 Å². The highest BCUT2D eigenvalue weighted by Crippen LogP contribution is 2.52. The maximum atomic E-state index is 12.6. The van der Waals surface area contributed by atoms with Gasteiger partial charge < -0.3 is 10.6 Å². The van der Waals surface area contributed by atoms with Gasteiger partial charge in [-0.2, -0.15) is 0 Å². The number of benzene rings is 2. The molecule has 21 heavy (non-hydrogen) atoms. The molecule has 0 bridgehead atoms. The van der Waals surface area contributed by atoms with Gasteiger partial charge in [-0.05, 0) is 54.6 Å². The molecule has 108 valence electrons. The molecule has 1 unspecified atom stereocenters. The Hall–Kier alpha value is -1.87. The van der Waals surface area contributed by atoms with Crippen LogP contribution >= 0.6 is 0 Å². The Kier molecular flexibility index (Phi) is 2.96. The van der Waals surface area contributed by atoms with Crippen molar-refractivity contribution in [3.63, 3.8) is 0 Å². The summed E-state index contributed by atoms with van der Waals surface area (Å²) in [6, 6.07) is 14.4. The van der Waals surface area contributed by atoms with Crippen LogP contribution in [-0.4, -0.2) is 25.0 Å². The average Bonchev–Trinajstić information content (AvgIpc) is 3.18. The number of fused-ring (bicyclic) bond motifs is 1. The van der Waals surface area contributed by atoms with Crippen LogP contribution < -0.4 is 10.6 Å². The van der Waals surface area contributed by atoms with Gasteiger partial charge in [0, 0.05) is 11.6 Å². The molecular weight excluding hydrogens is 260 g/mol. The van der Waals surface area contributed by atoms with Crippen LogP contribution in [0.4, 0.5) is 0 Å². The van der Waals surface area contributed by atoms with Crippen molar-refractivity contribution in [1.82, 2.24) is 10.6 Å². The van der Waals surface area contributed by atoms with Crippen LogP contribution in [0.5, 0.6) is 0 Å². The van der Waals surface area contributed by atoms with E-state index in [-0.39, 0.29) is 5.91 Å². The molecule has 1 saturated carbocycles. The molecule has 2 aromatic carbocycles. The maximum Gasteiger partial charge on any atom is 0.252 e. The molecule has 3 nitrogen and oxygen atoms in total. The largest absolute Gasteiger partial charge is 0.349 e. The molecule has 0 radical (unpaired) electrons. The summed E-state index contributed by atoms with van der Waals surface area (Å²) in [6.07, 6.45) is 3.52. The van der Waals surface area contributed by atoms with Gasteiger partial charge in [-0.25, -0.2) is 0 Å². The van der Waals surface area contributed by atoms with Gasteiger partial charge in [0.2, 0.25) is 0 Å². The number of carbonyl (C=O) groups is 1. The van der Waals surface area contributed by atoms with Gasteiger partial charge in [0.05, 0.1) is 0 Å². The zero-order chi connectivity index (χ0) is 14.3. The summed E-state index contributed by atoms with van der Waals surface area (Å²) in [5.41, 5.74) is 1.18. The number of amides is 1. The SMILES string of the molecule is O=C(NC1CC12CCNCC2)c1cccc2ccccc12. The van der Waals surface area contributed by atoms with Gasteiger partial charge >= 0.3 is 0 Å². The Balaban J connectivity index is 1.55. The second kappa shape index (κ2) is 4.85. The van der Waals surface area contributed by atoms with Crippen LogP contribution in [0.25, 0.3) is 10.8 Å². The standard InChI is InChI=1S/C18H20N2O/c21-17(20-16-12-18(16)8-10-19-11-9-18)15-7-3-5-13-4-1-2-6-14(13)15/h1-7,16,19H,8-12H2,(H,20,21). The van der Waals surface area contributed by atoms with Gasteiger partial charge in [-0.3, -0.25) is 4.79 Å². The zero-order valence-electron chi connectivity index (χ0n) is 12.1. The molecule has 2 aromatic rings. The Morgan fingerprint density at radius 2 is 1.86 bits per heavy atom. The first-order valence-corrected chi connectivity index (χ1v) is 7.78. The summed E-state index contributed by atoms with van der Waals surface area (Å²) < 4.78 is 0. The number of hydrogen-bond donors (Lipinski definition) is 2. The number of hydrogen-bond acceptors (Lipinski definition) is 2. The Morgan fingerprint density at radius 1 is 1.10 bits per heavy atom. The molecule has 1 aliphatic heterocycles. The van der Waals surface area contributed by atoms with E-state index in [4.69, 9.17) is 0 Å². The van der Waals surface area contributed by atoms with Crippen molar-refractivity contribution in [2.75, 3.05) is 13.1 Å². The van der Waals surface area contributed by atoms with E-state index < -0.39 is 0 Å². The van der Waals surface area contributed by atoms with Crippen molar-refractivity contribution in [2.24, 2.45) is 5.41 Å². The quantitative estimate of drug-likeness (QED) is 0.888. The molecule has 2 N–H and O–H groups in total. The number of nitrogens with one attached hydrogen (secondary N) is 2. The van der Waals surface area contributed by atoms with Crippen LogP contribution in [0.3, 0.4) is 0 Å². The summed E-state index contributed by atoms with van der Waals surface area (Å²) in [6.45, 7) is 2.17. The first-order valence-electron chi connectivity index (χ1n) is 7.78. The van der Waals surface area contributed by atoms with Crippen molar-refractivity contribution in [3.05, 3.63) is 48.0 Å². The third kappa shape index (κ3) is 2.22. The lowest BCUT2D eigenvalue weighted by Crippen LogP contribution is -2.36. The third-order valence-corrected chi connectivity index (χ3v) is 5.13. The van der Waals surface area contributed by atoms with E-state index in [2.05, 4.69) is 22.8 Å². The fourth-order valence-electron chi connectivity index (χ4n) is 3.69. The minimum absolute atomic E-state index is 0.0761. The molecule has 4 rings (SSSR count). The van der Waals surface area contributed by atoms with E-state index >= 15 is 0 Å². The maximum absolute atomic E-state index is 12.6. The molecule has 1 spiro atoms.